The minimum Gasteiger partial charge on any atom is -0.383 e. The van der Waals surface area contributed by atoms with Crippen LogP contribution in [0.25, 0.3) is 0 Å². The molecule has 0 bridgehead atoms. The van der Waals surface area contributed by atoms with Gasteiger partial charge in [-0.05, 0) is 25.1 Å². The molecule has 0 unspecified atom stereocenters. The number of nitrogens with zero attached hydrogens (tertiary/aromatic N) is 2. The van der Waals surface area contributed by atoms with Gasteiger partial charge in [0.15, 0.2) is 0 Å². The zero-order chi connectivity index (χ0) is 11.5. The summed E-state index contributed by atoms with van der Waals surface area (Å²) in [5.74, 6) is 1.10. The van der Waals surface area contributed by atoms with E-state index in [1.807, 2.05) is 6.20 Å². The highest BCUT2D eigenvalue weighted by molar-refractivity contribution is 7.99. The van der Waals surface area contributed by atoms with E-state index < -0.39 is 0 Å². The molecular formula is C11H19N3OS. The molecule has 0 fully saturated rings. The van der Waals surface area contributed by atoms with E-state index in [1.54, 1.807) is 31.3 Å². The number of hydrogen-bond acceptors (Lipinski definition) is 5. The Morgan fingerprint density at radius 3 is 3.00 bits per heavy atom. The molecule has 1 aromatic heterocycles. The van der Waals surface area contributed by atoms with Crippen molar-refractivity contribution >= 4 is 11.8 Å². The average molecular weight is 241 g/mol. The molecule has 0 aliphatic rings. The van der Waals surface area contributed by atoms with Crippen LogP contribution in [-0.4, -0.2) is 42.5 Å². The first-order valence-electron chi connectivity index (χ1n) is 5.52. The van der Waals surface area contributed by atoms with Crippen LogP contribution in [0.1, 0.15) is 12.8 Å². The number of nitrogens with one attached hydrogen (secondary N) is 1. The molecule has 0 saturated carbocycles. The fourth-order valence-corrected chi connectivity index (χ4v) is 2.02. The average Bonchev–Trinajstić information content (AvgIpc) is 2.34. The maximum absolute atomic E-state index is 4.95. The Balaban J connectivity index is 1.89. The van der Waals surface area contributed by atoms with E-state index in [1.165, 1.54) is 12.8 Å². The second kappa shape index (κ2) is 9.57. The predicted molar refractivity (Wildman–Crippen MR) is 66.7 cm³/mol. The largest absolute Gasteiger partial charge is 0.383 e. The Bertz CT molecular complexity index is 259. The number of hydrogen-bond donors (Lipinski definition) is 1. The van der Waals surface area contributed by atoms with Crippen molar-refractivity contribution in [1.29, 1.82) is 0 Å². The molecule has 16 heavy (non-hydrogen) atoms. The molecule has 1 heterocycles. The van der Waals surface area contributed by atoms with E-state index in [4.69, 9.17) is 4.74 Å². The van der Waals surface area contributed by atoms with Crippen LogP contribution in [-0.2, 0) is 4.74 Å². The van der Waals surface area contributed by atoms with E-state index >= 15 is 0 Å². The standard InChI is InChI=1S/C11H19N3OS/c1-15-8-7-12-4-2-3-9-16-11-10-13-5-6-14-11/h5-6,10,12H,2-4,7-9H2,1H3. The Labute approximate surface area is 101 Å². The van der Waals surface area contributed by atoms with Crippen LogP contribution in [0.2, 0.25) is 0 Å². The maximum Gasteiger partial charge on any atom is 0.114 e. The van der Waals surface area contributed by atoms with Crippen LogP contribution in [0.4, 0.5) is 0 Å². The van der Waals surface area contributed by atoms with Crippen molar-refractivity contribution in [2.45, 2.75) is 17.9 Å². The van der Waals surface area contributed by atoms with Crippen LogP contribution >= 0.6 is 11.8 Å². The third-order valence-electron chi connectivity index (χ3n) is 2.02. The van der Waals surface area contributed by atoms with Crippen molar-refractivity contribution < 1.29 is 4.74 Å². The van der Waals surface area contributed by atoms with E-state index in [0.29, 0.717) is 0 Å². The van der Waals surface area contributed by atoms with E-state index in [0.717, 1.165) is 30.5 Å². The van der Waals surface area contributed by atoms with Gasteiger partial charge in [-0.15, -0.1) is 11.8 Å². The lowest BCUT2D eigenvalue weighted by molar-refractivity contribution is 0.199. The zero-order valence-corrected chi connectivity index (χ0v) is 10.5. The Morgan fingerprint density at radius 2 is 2.25 bits per heavy atom. The molecule has 1 N–H and O–H groups in total. The van der Waals surface area contributed by atoms with Gasteiger partial charge >= 0.3 is 0 Å². The molecule has 0 saturated heterocycles. The number of unbranched alkanes of at least 4 members (excludes halogenated alkanes) is 1. The third kappa shape index (κ3) is 6.76. The van der Waals surface area contributed by atoms with Gasteiger partial charge in [0, 0.05) is 26.0 Å². The van der Waals surface area contributed by atoms with Gasteiger partial charge in [0.1, 0.15) is 5.03 Å². The highest BCUT2D eigenvalue weighted by Gasteiger charge is 1.94. The molecule has 0 spiro atoms. The van der Waals surface area contributed by atoms with Crippen LogP contribution in [0, 0.1) is 0 Å². The van der Waals surface area contributed by atoms with Gasteiger partial charge in [-0.2, -0.15) is 0 Å². The lowest BCUT2D eigenvalue weighted by Crippen LogP contribution is -2.20. The normalized spacial score (nSPS) is 10.6. The molecule has 0 aromatic carbocycles. The predicted octanol–water partition coefficient (Wildman–Crippen LogP) is 1.58. The molecule has 1 rings (SSSR count). The van der Waals surface area contributed by atoms with E-state index in [2.05, 4.69) is 15.3 Å². The molecular weight excluding hydrogens is 222 g/mol. The quantitative estimate of drug-likeness (QED) is 0.525. The van der Waals surface area contributed by atoms with Gasteiger partial charge in [-0.3, -0.25) is 4.98 Å². The van der Waals surface area contributed by atoms with Gasteiger partial charge in [-0.1, -0.05) is 0 Å². The van der Waals surface area contributed by atoms with E-state index in [-0.39, 0.29) is 0 Å². The molecule has 5 heteroatoms. The molecule has 0 radical (unpaired) electrons. The summed E-state index contributed by atoms with van der Waals surface area (Å²) in [5, 5.41) is 4.33. The lowest BCUT2D eigenvalue weighted by atomic mass is 10.3. The van der Waals surface area contributed by atoms with Crippen molar-refractivity contribution in [2.24, 2.45) is 0 Å². The molecule has 0 aliphatic heterocycles. The lowest BCUT2D eigenvalue weighted by Gasteiger charge is -2.03. The Hall–Kier alpha value is -0.650. The van der Waals surface area contributed by atoms with Crippen LogP contribution < -0.4 is 5.32 Å². The number of methoxy groups -OCH3 is 1. The van der Waals surface area contributed by atoms with Gasteiger partial charge < -0.3 is 10.1 Å². The number of rotatable bonds is 9. The fourth-order valence-electron chi connectivity index (χ4n) is 1.19. The first-order chi connectivity index (χ1) is 7.93. The number of thioether (sulfide) groups is 1. The molecule has 0 atom stereocenters. The summed E-state index contributed by atoms with van der Waals surface area (Å²) in [7, 11) is 1.72. The van der Waals surface area contributed by atoms with Crippen molar-refractivity contribution in [3.05, 3.63) is 18.6 Å². The summed E-state index contributed by atoms with van der Waals surface area (Å²) in [6, 6.07) is 0. The zero-order valence-electron chi connectivity index (χ0n) is 9.69. The summed E-state index contributed by atoms with van der Waals surface area (Å²) < 4.78 is 4.95. The van der Waals surface area contributed by atoms with Gasteiger partial charge in [0.25, 0.3) is 0 Å². The van der Waals surface area contributed by atoms with Gasteiger partial charge in [0.05, 0.1) is 12.8 Å². The minimum absolute atomic E-state index is 0.786. The van der Waals surface area contributed by atoms with Gasteiger partial charge in [0.2, 0.25) is 0 Å². The van der Waals surface area contributed by atoms with Crippen molar-refractivity contribution in [3.8, 4) is 0 Å². The first kappa shape index (κ1) is 13.4. The molecule has 0 amide bonds. The summed E-state index contributed by atoms with van der Waals surface area (Å²) in [6.07, 6.45) is 7.62. The van der Waals surface area contributed by atoms with Crippen LogP contribution in [0.5, 0.6) is 0 Å². The number of ether oxygens (including phenoxy) is 1. The van der Waals surface area contributed by atoms with Crippen molar-refractivity contribution in [1.82, 2.24) is 15.3 Å². The monoisotopic (exact) mass is 241 g/mol. The van der Waals surface area contributed by atoms with Crippen LogP contribution in [0.15, 0.2) is 23.6 Å². The number of aromatic nitrogens is 2. The first-order valence-corrected chi connectivity index (χ1v) is 6.50. The Morgan fingerprint density at radius 1 is 1.31 bits per heavy atom. The summed E-state index contributed by atoms with van der Waals surface area (Å²) in [6.45, 7) is 2.78. The molecule has 0 aliphatic carbocycles. The van der Waals surface area contributed by atoms with Crippen LogP contribution in [0.3, 0.4) is 0 Å². The highest BCUT2D eigenvalue weighted by Crippen LogP contribution is 2.14. The summed E-state index contributed by atoms with van der Waals surface area (Å²) in [5.41, 5.74) is 0. The summed E-state index contributed by atoms with van der Waals surface area (Å²) >= 11 is 1.76. The molecule has 4 nitrogen and oxygen atoms in total. The molecule has 90 valence electrons. The van der Waals surface area contributed by atoms with Gasteiger partial charge in [-0.25, -0.2) is 4.98 Å². The second-order valence-corrected chi connectivity index (χ2v) is 4.46. The van der Waals surface area contributed by atoms with Crippen molar-refractivity contribution in [2.75, 3.05) is 32.6 Å². The third-order valence-corrected chi connectivity index (χ3v) is 3.02. The maximum atomic E-state index is 4.95. The second-order valence-electron chi connectivity index (χ2n) is 3.34. The minimum atomic E-state index is 0.786. The van der Waals surface area contributed by atoms with E-state index in [9.17, 15) is 0 Å². The highest BCUT2D eigenvalue weighted by atomic mass is 32.2. The summed E-state index contributed by atoms with van der Waals surface area (Å²) in [4.78, 5) is 8.23. The Kier molecular flexibility index (Phi) is 8.02. The van der Waals surface area contributed by atoms with Crippen molar-refractivity contribution in [3.63, 3.8) is 0 Å². The SMILES string of the molecule is COCCNCCCCSc1cnccn1. The molecule has 1 aromatic rings. The smallest absolute Gasteiger partial charge is 0.114 e. The topological polar surface area (TPSA) is 47.0 Å². The fraction of sp³-hybridized carbons (Fsp3) is 0.636.